The zero-order valence-corrected chi connectivity index (χ0v) is 16.7. The molecular weight excluding hydrogens is 364 g/mol. The zero-order valence-electron chi connectivity index (χ0n) is 16.7. The first-order valence-corrected chi connectivity index (χ1v) is 9.98. The highest BCUT2D eigenvalue weighted by Crippen LogP contribution is 2.57. The fraction of sp³-hybridized carbons (Fsp3) is 0.478. The summed E-state index contributed by atoms with van der Waals surface area (Å²) in [5.74, 6) is -0.377. The molecule has 29 heavy (non-hydrogen) atoms. The fourth-order valence-electron chi connectivity index (χ4n) is 4.67. The minimum Gasteiger partial charge on any atom is -0.494 e. The third-order valence-corrected chi connectivity index (χ3v) is 5.85. The summed E-state index contributed by atoms with van der Waals surface area (Å²) in [4.78, 5) is 0. The number of nitrogens with one attached hydrogen (secondary N) is 1. The maximum Gasteiger partial charge on any atom is 0.189 e. The highest BCUT2D eigenvalue weighted by molar-refractivity contribution is 6.01. The molecule has 2 aliphatic rings. The molecule has 6 heteroatoms. The maximum absolute atomic E-state index is 10.1. The summed E-state index contributed by atoms with van der Waals surface area (Å²) in [6.07, 6.45) is 4.54. The summed E-state index contributed by atoms with van der Waals surface area (Å²) in [5.41, 5.74) is -0.307. The average Bonchev–Trinajstić information content (AvgIpc) is 2.74. The number of rotatable bonds is 5. The van der Waals surface area contributed by atoms with Crippen LogP contribution in [0.1, 0.15) is 44.6 Å². The molecule has 0 spiro atoms. The van der Waals surface area contributed by atoms with E-state index in [1.807, 2.05) is 32.1 Å². The topological polar surface area (TPSA) is 114 Å². The van der Waals surface area contributed by atoms with Crippen molar-refractivity contribution >= 4 is 5.71 Å². The number of benzene rings is 1. The lowest BCUT2D eigenvalue weighted by atomic mass is 9.53. The van der Waals surface area contributed by atoms with Crippen LogP contribution in [0.3, 0.4) is 0 Å². The van der Waals surface area contributed by atoms with Crippen LogP contribution in [-0.4, -0.2) is 18.9 Å². The van der Waals surface area contributed by atoms with E-state index in [4.69, 9.17) is 14.9 Å². The van der Waals surface area contributed by atoms with Crippen LogP contribution in [0.4, 0.5) is 0 Å². The molecule has 2 aliphatic carbocycles. The quantitative estimate of drug-likeness (QED) is 0.746. The lowest BCUT2D eigenvalue weighted by molar-refractivity contribution is 0.290. The average molecular weight is 388 g/mol. The Hall–Kier alpha value is -3.30. The smallest absolute Gasteiger partial charge is 0.189 e. The Morgan fingerprint density at radius 2 is 1.86 bits per heavy atom. The molecule has 0 radical (unpaired) electrons. The first kappa shape index (κ1) is 20.4. The largest absolute Gasteiger partial charge is 0.494 e. The Kier molecular flexibility index (Phi) is 5.90. The molecule has 1 aromatic carbocycles. The van der Waals surface area contributed by atoms with E-state index in [0.717, 1.165) is 24.8 Å². The van der Waals surface area contributed by atoms with E-state index in [9.17, 15) is 15.8 Å². The van der Waals surface area contributed by atoms with E-state index in [0.29, 0.717) is 30.3 Å². The van der Waals surface area contributed by atoms with Gasteiger partial charge < -0.3 is 14.9 Å². The van der Waals surface area contributed by atoms with Gasteiger partial charge in [-0.3, -0.25) is 0 Å². The minimum atomic E-state index is -1.73. The Morgan fingerprint density at radius 3 is 2.48 bits per heavy atom. The van der Waals surface area contributed by atoms with Gasteiger partial charge >= 0.3 is 0 Å². The standard InChI is InChI=1S/C23H24N4O2/c1-3-28-15-9-10-20(29-4-2)18(11-15)21-17-8-6-5-7-16(17)19(12-24)22(27)23(21,13-25)14-26/h7,9-11,17,19,21,27H,3-6,8H2,1-2H3/t17-,19-,21+/m0/s1. The molecule has 0 aromatic heterocycles. The molecule has 1 saturated carbocycles. The van der Waals surface area contributed by atoms with E-state index in [2.05, 4.69) is 18.2 Å². The first-order valence-electron chi connectivity index (χ1n) is 9.98. The van der Waals surface area contributed by atoms with Crippen molar-refractivity contribution < 1.29 is 9.47 Å². The van der Waals surface area contributed by atoms with Crippen molar-refractivity contribution in [1.82, 2.24) is 0 Å². The van der Waals surface area contributed by atoms with E-state index < -0.39 is 17.3 Å². The van der Waals surface area contributed by atoms with Gasteiger partial charge in [-0.1, -0.05) is 6.08 Å². The third kappa shape index (κ3) is 3.24. The number of nitriles is 3. The van der Waals surface area contributed by atoms with Gasteiger partial charge in [0.05, 0.1) is 37.1 Å². The van der Waals surface area contributed by atoms with Gasteiger partial charge in [0.2, 0.25) is 0 Å². The molecule has 3 atom stereocenters. The maximum atomic E-state index is 10.1. The van der Waals surface area contributed by atoms with Crippen molar-refractivity contribution in [2.45, 2.75) is 39.0 Å². The van der Waals surface area contributed by atoms with Gasteiger partial charge in [0.15, 0.2) is 5.41 Å². The van der Waals surface area contributed by atoms with E-state index in [1.54, 1.807) is 6.07 Å². The second-order valence-corrected chi connectivity index (χ2v) is 7.29. The van der Waals surface area contributed by atoms with Crippen LogP contribution >= 0.6 is 0 Å². The molecule has 1 fully saturated rings. The van der Waals surface area contributed by atoms with Gasteiger partial charge in [0.25, 0.3) is 0 Å². The highest BCUT2D eigenvalue weighted by atomic mass is 16.5. The molecule has 0 heterocycles. The molecule has 0 bridgehead atoms. The van der Waals surface area contributed by atoms with Crippen LogP contribution in [0, 0.1) is 56.7 Å². The lowest BCUT2D eigenvalue weighted by Gasteiger charge is -2.46. The second kappa shape index (κ2) is 8.38. The summed E-state index contributed by atoms with van der Waals surface area (Å²) < 4.78 is 11.5. The van der Waals surface area contributed by atoms with Gasteiger partial charge in [-0.2, -0.15) is 15.8 Å². The van der Waals surface area contributed by atoms with Crippen molar-refractivity contribution in [1.29, 1.82) is 21.2 Å². The van der Waals surface area contributed by atoms with Gasteiger partial charge in [-0.15, -0.1) is 0 Å². The monoisotopic (exact) mass is 388 g/mol. The van der Waals surface area contributed by atoms with Crippen molar-refractivity contribution in [3.05, 3.63) is 35.4 Å². The number of fused-ring (bicyclic) bond motifs is 1. The normalized spacial score (nSPS) is 24.9. The molecule has 0 amide bonds. The predicted octanol–water partition coefficient (Wildman–Crippen LogP) is 4.50. The summed E-state index contributed by atoms with van der Waals surface area (Å²) in [5, 5.41) is 38.7. The van der Waals surface area contributed by atoms with E-state index in [-0.39, 0.29) is 11.6 Å². The summed E-state index contributed by atoms with van der Waals surface area (Å²) in [6.45, 7) is 4.69. The molecule has 1 N–H and O–H groups in total. The summed E-state index contributed by atoms with van der Waals surface area (Å²) in [7, 11) is 0. The highest BCUT2D eigenvalue weighted by Gasteiger charge is 2.57. The minimum absolute atomic E-state index is 0.135. The van der Waals surface area contributed by atoms with Crippen LogP contribution < -0.4 is 9.47 Å². The summed E-state index contributed by atoms with van der Waals surface area (Å²) in [6, 6.07) is 11.9. The number of ether oxygens (including phenoxy) is 2. The Labute approximate surface area is 171 Å². The van der Waals surface area contributed by atoms with Crippen LogP contribution in [0.25, 0.3) is 0 Å². The van der Waals surface area contributed by atoms with Crippen molar-refractivity contribution in [2.24, 2.45) is 17.3 Å². The van der Waals surface area contributed by atoms with Gasteiger partial charge in [0.1, 0.15) is 17.4 Å². The number of hydrogen-bond acceptors (Lipinski definition) is 6. The van der Waals surface area contributed by atoms with Crippen molar-refractivity contribution in [2.75, 3.05) is 13.2 Å². The van der Waals surface area contributed by atoms with Crippen molar-refractivity contribution in [3.8, 4) is 29.7 Å². The molecule has 0 saturated heterocycles. The molecule has 3 rings (SSSR count). The molecule has 148 valence electrons. The predicted molar refractivity (Wildman–Crippen MR) is 107 cm³/mol. The Balaban J connectivity index is 2.29. The number of nitrogens with zero attached hydrogens (tertiary/aromatic N) is 3. The molecule has 0 unspecified atom stereocenters. The second-order valence-electron chi connectivity index (χ2n) is 7.29. The van der Waals surface area contributed by atoms with Crippen molar-refractivity contribution in [3.63, 3.8) is 0 Å². The number of allylic oxidation sites excluding steroid dienone is 2. The SMILES string of the molecule is CCOc1ccc(OCC)c([C@H]2[C@H]3CCCC=C3[C@H](C#N)C(=N)C2(C#N)C#N)c1. The molecular formula is C23H24N4O2. The van der Waals surface area contributed by atoms with E-state index in [1.165, 1.54) is 0 Å². The van der Waals surface area contributed by atoms with Gasteiger partial charge in [0, 0.05) is 11.5 Å². The van der Waals surface area contributed by atoms with Gasteiger partial charge in [-0.05, 0) is 62.8 Å². The van der Waals surface area contributed by atoms with Crippen LogP contribution in [0.2, 0.25) is 0 Å². The Morgan fingerprint density at radius 1 is 1.14 bits per heavy atom. The Bertz CT molecular complexity index is 947. The van der Waals surface area contributed by atoms with E-state index >= 15 is 0 Å². The first-order chi connectivity index (χ1) is 14.1. The van der Waals surface area contributed by atoms with Gasteiger partial charge in [-0.25, -0.2) is 0 Å². The molecule has 6 nitrogen and oxygen atoms in total. The molecule has 0 aliphatic heterocycles. The zero-order chi connectivity index (χ0) is 21.0. The van der Waals surface area contributed by atoms with Crippen LogP contribution in [0.5, 0.6) is 11.5 Å². The lowest BCUT2D eigenvalue weighted by Crippen LogP contribution is -2.48. The fourth-order valence-corrected chi connectivity index (χ4v) is 4.67. The number of hydrogen-bond donors (Lipinski definition) is 1. The third-order valence-electron chi connectivity index (χ3n) is 5.85. The molecule has 1 aromatic rings. The van der Waals surface area contributed by atoms with Crippen LogP contribution in [0.15, 0.2) is 29.8 Å². The summed E-state index contributed by atoms with van der Waals surface area (Å²) >= 11 is 0. The van der Waals surface area contributed by atoms with Crippen LogP contribution in [-0.2, 0) is 0 Å².